The van der Waals surface area contributed by atoms with Crippen molar-refractivity contribution in [3.63, 3.8) is 0 Å². The summed E-state index contributed by atoms with van der Waals surface area (Å²) in [5.41, 5.74) is 1.84. The van der Waals surface area contributed by atoms with E-state index in [1.54, 1.807) is 19.9 Å². The fourth-order valence-corrected chi connectivity index (χ4v) is 3.48. The molecular weight excluding hydrogens is 363 g/mol. The van der Waals surface area contributed by atoms with Crippen molar-refractivity contribution in [1.82, 2.24) is 20.0 Å². The average molecular weight is 386 g/mol. The molecule has 2 N–H and O–H groups in total. The molecule has 2 heterocycles. The number of benzene rings is 1. The molecule has 0 bridgehead atoms. The molecule has 1 atom stereocenters. The lowest BCUT2D eigenvalue weighted by molar-refractivity contribution is -0.140. The van der Waals surface area contributed by atoms with Gasteiger partial charge in [-0.3, -0.25) is 14.7 Å². The monoisotopic (exact) mass is 386 g/mol. The van der Waals surface area contributed by atoms with Gasteiger partial charge in [0.05, 0.1) is 22.9 Å². The van der Waals surface area contributed by atoms with Crippen molar-refractivity contribution >= 4 is 17.4 Å². The number of aromatic amines is 1. The summed E-state index contributed by atoms with van der Waals surface area (Å²) < 4.78 is 13.9. The summed E-state index contributed by atoms with van der Waals surface area (Å²) in [7, 11) is 3.71. The van der Waals surface area contributed by atoms with Crippen LogP contribution in [0.1, 0.15) is 28.6 Å². The molecule has 8 heteroatoms. The number of likely N-dealkylation sites (tertiary alicyclic amines) is 1. The second-order valence-electron chi connectivity index (χ2n) is 7.16. The molecule has 1 aliphatic rings. The minimum Gasteiger partial charge on any atom is -0.507 e. The van der Waals surface area contributed by atoms with Gasteiger partial charge in [0, 0.05) is 18.8 Å². The molecule has 0 spiro atoms. The SMILES string of the molecule is Cc1n[nH]c(C)c1/C(O)=C1\C(=O)C(=O)N(CCN(C)C)[C@H]1c1cccc(F)c1. The molecule has 0 aliphatic carbocycles. The van der Waals surface area contributed by atoms with E-state index in [0.717, 1.165) is 0 Å². The van der Waals surface area contributed by atoms with Gasteiger partial charge in [0.1, 0.15) is 11.6 Å². The molecule has 1 fully saturated rings. The van der Waals surface area contributed by atoms with Gasteiger partial charge in [0.25, 0.3) is 11.7 Å². The summed E-state index contributed by atoms with van der Waals surface area (Å²) in [6, 6.07) is 4.86. The molecule has 1 amide bonds. The molecule has 1 aromatic carbocycles. The summed E-state index contributed by atoms with van der Waals surface area (Å²) in [5, 5.41) is 17.8. The molecule has 1 aliphatic heterocycles. The van der Waals surface area contributed by atoms with Crippen LogP contribution in [0.25, 0.3) is 5.76 Å². The van der Waals surface area contributed by atoms with Gasteiger partial charge in [-0.05, 0) is 45.6 Å². The number of carbonyl (C=O) groups excluding carboxylic acids is 2. The fraction of sp³-hybridized carbons (Fsp3) is 0.350. The Kier molecular flexibility index (Phi) is 5.33. The second-order valence-corrected chi connectivity index (χ2v) is 7.16. The van der Waals surface area contributed by atoms with E-state index in [-0.39, 0.29) is 17.9 Å². The van der Waals surface area contributed by atoms with E-state index in [0.29, 0.717) is 29.1 Å². The molecule has 0 saturated carbocycles. The van der Waals surface area contributed by atoms with Gasteiger partial charge in [0.15, 0.2) is 0 Å². The van der Waals surface area contributed by atoms with Gasteiger partial charge >= 0.3 is 0 Å². The Hall–Kier alpha value is -3.00. The van der Waals surface area contributed by atoms with Crippen LogP contribution in [0, 0.1) is 19.7 Å². The molecule has 0 unspecified atom stereocenters. The number of aryl methyl sites for hydroxylation is 2. The molecule has 0 radical (unpaired) electrons. The number of likely N-dealkylation sites (N-methyl/N-ethyl adjacent to an activating group) is 1. The highest BCUT2D eigenvalue weighted by molar-refractivity contribution is 6.46. The molecule has 7 nitrogen and oxygen atoms in total. The highest BCUT2D eigenvalue weighted by Gasteiger charge is 2.46. The second kappa shape index (κ2) is 7.55. The number of carbonyl (C=O) groups is 2. The van der Waals surface area contributed by atoms with E-state index in [1.807, 2.05) is 19.0 Å². The summed E-state index contributed by atoms with van der Waals surface area (Å²) in [5.74, 6) is -2.28. The van der Waals surface area contributed by atoms with Crippen LogP contribution in [-0.4, -0.2) is 64.0 Å². The molecule has 1 saturated heterocycles. The topological polar surface area (TPSA) is 89.5 Å². The molecule has 3 rings (SSSR count). The lowest BCUT2D eigenvalue weighted by atomic mass is 9.94. The maximum atomic E-state index is 13.9. The van der Waals surface area contributed by atoms with Crippen molar-refractivity contribution in [3.8, 4) is 0 Å². The van der Waals surface area contributed by atoms with Gasteiger partial charge in [-0.15, -0.1) is 0 Å². The Morgan fingerprint density at radius 3 is 2.61 bits per heavy atom. The Labute approximate surface area is 162 Å². The summed E-state index contributed by atoms with van der Waals surface area (Å²) in [6.45, 7) is 4.19. The van der Waals surface area contributed by atoms with Crippen molar-refractivity contribution in [2.45, 2.75) is 19.9 Å². The third-order valence-corrected chi connectivity index (χ3v) is 4.86. The number of Topliss-reactive ketones (excluding diaryl/α,β-unsaturated/α-hetero) is 1. The van der Waals surface area contributed by atoms with Crippen molar-refractivity contribution < 1.29 is 19.1 Å². The third kappa shape index (κ3) is 3.43. The summed E-state index contributed by atoms with van der Waals surface area (Å²) >= 11 is 0. The van der Waals surface area contributed by atoms with Gasteiger partial charge in [-0.2, -0.15) is 5.10 Å². The quantitative estimate of drug-likeness (QED) is 0.467. The zero-order valence-corrected chi connectivity index (χ0v) is 16.3. The van der Waals surface area contributed by atoms with Crippen LogP contribution >= 0.6 is 0 Å². The largest absolute Gasteiger partial charge is 0.507 e. The standard InChI is InChI=1S/C20H23FN4O3/c1-11-15(12(2)23-22-11)18(26)16-17(13-6-5-7-14(21)10-13)25(9-8-24(3)4)20(28)19(16)27/h5-7,10,17,26H,8-9H2,1-4H3,(H,22,23)/b18-16+/t17-/m0/s1. The van der Waals surface area contributed by atoms with Gasteiger partial charge < -0.3 is 14.9 Å². The first-order valence-corrected chi connectivity index (χ1v) is 8.93. The first-order chi connectivity index (χ1) is 13.2. The number of aliphatic hydroxyl groups is 1. The van der Waals surface area contributed by atoms with E-state index >= 15 is 0 Å². The van der Waals surface area contributed by atoms with Crippen molar-refractivity contribution in [2.75, 3.05) is 27.2 Å². The van der Waals surface area contributed by atoms with Gasteiger partial charge in [-0.25, -0.2) is 4.39 Å². The van der Waals surface area contributed by atoms with Crippen molar-refractivity contribution in [1.29, 1.82) is 0 Å². The lowest BCUT2D eigenvalue weighted by Gasteiger charge is -2.26. The number of H-pyrrole nitrogens is 1. The smallest absolute Gasteiger partial charge is 0.295 e. The third-order valence-electron chi connectivity index (χ3n) is 4.86. The molecule has 1 aromatic heterocycles. The highest BCUT2D eigenvalue weighted by atomic mass is 19.1. The van der Waals surface area contributed by atoms with E-state index in [1.165, 1.54) is 23.1 Å². The summed E-state index contributed by atoms with van der Waals surface area (Å²) in [4.78, 5) is 28.8. The summed E-state index contributed by atoms with van der Waals surface area (Å²) in [6.07, 6.45) is 0. The van der Waals surface area contributed by atoms with Crippen LogP contribution in [0.15, 0.2) is 29.8 Å². The number of halogens is 1. The van der Waals surface area contributed by atoms with Crippen LogP contribution in [-0.2, 0) is 9.59 Å². The van der Waals surface area contributed by atoms with E-state index in [4.69, 9.17) is 0 Å². The number of ketones is 1. The van der Waals surface area contributed by atoms with Crippen LogP contribution in [0.3, 0.4) is 0 Å². The van der Waals surface area contributed by atoms with Gasteiger partial charge in [0.2, 0.25) is 0 Å². The highest BCUT2D eigenvalue weighted by Crippen LogP contribution is 2.40. The number of hydrogen-bond donors (Lipinski definition) is 2. The van der Waals surface area contributed by atoms with Crippen LogP contribution in [0.5, 0.6) is 0 Å². The van der Waals surface area contributed by atoms with E-state index in [2.05, 4.69) is 10.2 Å². The predicted molar refractivity (Wildman–Crippen MR) is 102 cm³/mol. The maximum absolute atomic E-state index is 13.9. The zero-order valence-electron chi connectivity index (χ0n) is 16.3. The average Bonchev–Trinajstić information content (AvgIpc) is 3.09. The van der Waals surface area contributed by atoms with Crippen molar-refractivity contribution in [2.24, 2.45) is 0 Å². The Balaban J connectivity index is 2.20. The Morgan fingerprint density at radius 2 is 2.04 bits per heavy atom. The number of hydrogen-bond acceptors (Lipinski definition) is 5. The number of nitrogens with one attached hydrogen (secondary N) is 1. The fourth-order valence-electron chi connectivity index (χ4n) is 3.48. The van der Waals surface area contributed by atoms with Crippen molar-refractivity contribution in [3.05, 3.63) is 58.2 Å². The number of aromatic nitrogens is 2. The lowest BCUT2D eigenvalue weighted by Crippen LogP contribution is -2.35. The van der Waals surface area contributed by atoms with E-state index in [9.17, 15) is 19.1 Å². The molecular formula is C20H23FN4O3. The first-order valence-electron chi connectivity index (χ1n) is 8.93. The number of amides is 1. The van der Waals surface area contributed by atoms with Gasteiger partial charge in [-0.1, -0.05) is 12.1 Å². The molecule has 28 heavy (non-hydrogen) atoms. The van der Waals surface area contributed by atoms with E-state index < -0.39 is 23.5 Å². The number of nitrogens with zero attached hydrogens (tertiary/aromatic N) is 3. The van der Waals surface area contributed by atoms with Crippen LogP contribution in [0.4, 0.5) is 4.39 Å². The zero-order chi connectivity index (χ0) is 20.6. The van der Waals surface area contributed by atoms with Crippen LogP contribution < -0.4 is 0 Å². The Bertz CT molecular complexity index is 945. The maximum Gasteiger partial charge on any atom is 0.295 e. The first kappa shape index (κ1) is 19.8. The molecule has 2 aromatic rings. The number of rotatable bonds is 5. The molecule has 148 valence electrons. The minimum atomic E-state index is -0.871. The Morgan fingerprint density at radius 1 is 1.32 bits per heavy atom. The normalized spacial score (nSPS) is 19.1. The van der Waals surface area contributed by atoms with Crippen LogP contribution in [0.2, 0.25) is 0 Å². The minimum absolute atomic E-state index is 0.0537. The predicted octanol–water partition coefficient (Wildman–Crippen LogP) is 2.15. The number of aliphatic hydroxyl groups excluding tert-OH is 1.